The number of ether oxygens (including phenoxy) is 2. The first kappa shape index (κ1) is 22.8. The van der Waals surface area contributed by atoms with Gasteiger partial charge in [0.25, 0.3) is 5.91 Å². The van der Waals surface area contributed by atoms with Crippen LogP contribution in [0.4, 0.5) is 10.1 Å². The number of halogens is 1. The maximum absolute atomic E-state index is 14.4. The predicted molar refractivity (Wildman–Crippen MR) is 112 cm³/mol. The van der Waals surface area contributed by atoms with E-state index in [1.807, 2.05) is 18.7 Å². The lowest BCUT2D eigenvalue weighted by molar-refractivity contribution is -0.145. The van der Waals surface area contributed by atoms with Gasteiger partial charge in [-0.2, -0.15) is 0 Å². The van der Waals surface area contributed by atoms with Gasteiger partial charge in [0.1, 0.15) is 5.82 Å². The maximum atomic E-state index is 14.4. The van der Waals surface area contributed by atoms with Crippen molar-refractivity contribution in [1.29, 1.82) is 0 Å². The van der Waals surface area contributed by atoms with Crippen LogP contribution in [0.2, 0.25) is 0 Å². The lowest BCUT2D eigenvalue weighted by Gasteiger charge is -2.35. The van der Waals surface area contributed by atoms with Gasteiger partial charge in [-0.25, -0.2) is 9.07 Å². The molecule has 31 heavy (non-hydrogen) atoms. The second kappa shape index (κ2) is 10.5. The summed E-state index contributed by atoms with van der Waals surface area (Å²) in [6.45, 7) is 8.34. The Morgan fingerprint density at radius 3 is 2.39 bits per heavy atom. The Morgan fingerprint density at radius 2 is 1.81 bits per heavy atom. The van der Waals surface area contributed by atoms with Crippen molar-refractivity contribution >= 4 is 17.4 Å². The number of Topliss-reactive ketones (excluding diaryl/α,β-unsaturated/α-hetero) is 1. The van der Waals surface area contributed by atoms with E-state index in [1.165, 1.54) is 17.7 Å². The van der Waals surface area contributed by atoms with Crippen LogP contribution < -0.4 is 4.90 Å². The largest absolute Gasteiger partial charge is 0.366 e. The van der Waals surface area contributed by atoms with Crippen LogP contribution in [0.1, 0.15) is 41.6 Å². The minimum atomic E-state index is -0.451. The highest BCUT2D eigenvalue weighted by molar-refractivity contribution is 5.94. The van der Waals surface area contributed by atoms with Crippen molar-refractivity contribution in [1.82, 2.24) is 19.9 Å². The lowest BCUT2D eigenvalue weighted by atomic mass is 10.1. The minimum Gasteiger partial charge on any atom is -0.366 e. The van der Waals surface area contributed by atoms with E-state index in [4.69, 9.17) is 9.47 Å². The molecule has 2 heterocycles. The average molecular weight is 433 g/mol. The third-order valence-corrected chi connectivity index (χ3v) is 5.06. The summed E-state index contributed by atoms with van der Waals surface area (Å²) in [4.78, 5) is 27.8. The molecule has 0 N–H and O–H groups in total. The normalized spacial score (nSPS) is 14.4. The second-order valence-electron chi connectivity index (χ2n) is 7.17. The molecule has 2 aromatic rings. The lowest BCUT2D eigenvalue weighted by Crippen LogP contribution is -2.49. The number of nitrogens with zero attached hydrogens (tertiary/aromatic N) is 5. The van der Waals surface area contributed by atoms with E-state index in [0.29, 0.717) is 57.2 Å². The van der Waals surface area contributed by atoms with E-state index < -0.39 is 12.1 Å². The number of piperazine rings is 1. The fourth-order valence-electron chi connectivity index (χ4n) is 3.46. The molecule has 10 heteroatoms. The van der Waals surface area contributed by atoms with Crippen LogP contribution in [0.25, 0.3) is 0 Å². The van der Waals surface area contributed by atoms with Crippen LogP contribution in [0.3, 0.4) is 0 Å². The van der Waals surface area contributed by atoms with Gasteiger partial charge < -0.3 is 19.3 Å². The van der Waals surface area contributed by atoms with Gasteiger partial charge in [-0.15, -0.1) is 5.10 Å². The predicted octanol–water partition coefficient (Wildman–Crippen LogP) is 1.98. The topological polar surface area (TPSA) is 89.8 Å². The summed E-state index contributed by atoms with van der Waals surface area (Å²) in [6.07, 6.45) is 1.13. The van der Waals surface area contributed by atoms with Crippen molar-refractivity contribution in [2.45, 2.75) is 33.6 Å². The molecule has 3 rings (SSSR count). The molecular weight excluding hydrogens is 405 g/mol. The van der Waals surface area contributed by atoms with Gasteiger partial charge in [0.05, 0.1) is 18.4 Å². The Kier molecular flexibility index (Phi) is 7.69. The Labute approximate surface area is 180 Å². The van der Waals surface area contributed by atoms with Crippen LogP contribution in [-0.4, -0.2) is 77.3 Å². The Bertz CT molecular complexity index is 905. The second-order valence-corrected chi connectivity index (χ2v) is 7.17. The SMILES string of the molecule is CCOC(Cn1cc(C(=O)N2CCN(c3ccc(C(C)=O)cc3F)CC2)nn1)OCC. The number of rotatable bonds is 9. The number of anilines is 1. The Morgan fingerprint density at radius 1 is 1.13 bits per heavy atom. The third kappa shape index (κ3) is 5.65. The smallest absolute Gasteiger partial charge is 0.276 e. The molecule has 1 aromatic heterocycles. The molecule has 1 aliphatic rings. The Balaban J connectivity index is 1.58. The molecule has 0 aliphatic carbocycles. The van der Waals surface area contributed by atoms with E-state index >= 15 is 0 Å². The van der Waals surface area contributed by atoms with Crippen LogP contribution >= 0.6 is 0 Å². The van der Waals surface area contributed by atoms with Gasteiger partial charge in [-0.05, 0) is 39.0 Å². The molecule has 0 atom stereocenters. The van der Waals surface area contributed by atoms with Gasteiger partial charge in [-0.3, -0.25) is 9.59 Å². The maximum Gasteiger partial charge on any atom is 0.276 e. The molecule has 9 nitrogen and oxygen atoms in total. The van der Waals surface area contributed by atoms with E-state index in [-0.39, 0.29) is 17.4 Å². The first-order valence-electron chi connectivity index (χ1n) is 10.4. The third-order valence-electron chi connectivity index (χ3n) is 5.06. The zero-order valence-corrected chi connectivity index (χ0v) is 18.1. The van der Waals surface area contributed by atoms with Crippen LogP contribution in [0.5, 0.6) is 0 Å². The zero-order valence-electron chi connectivity index (χ0n) is 18.1. The molecule has 1 amide bonds. The van der Waals surface area contributed by atoms with Crippen molar-refractivity contribution in [2.24, 2.45) is 0 Å². The summed E-state index contributed by atoms with van der Waals surface area (Å²) in [5, 5.41) is 7.99. The van der Waals surface area contributed by atoms with E-state index in [9.17, 15) is 14.0 Å². The van der Waals surface area contributed by atoms with Gasteiger partial charge in [0.15, 0.2) is 17.8 Å². The fraction of sp³-hybridized carbons (Fsp3) is 0.524. The molecule has 0 saturated carbocycles. The fourth-order valence-corrected chi connectivity index (χ4v) is 3.46. The van der Waals surface area contributed by atoms with Crippen LogP contribution in [0, 0.1) is 5.82 Å². The molecule has 1 aliphatic heterocycles. The van der Waals surface area contributed by atoms with Crippen molar-refractivity contribution in [3.8, 4) is 0 Å². The number of carbonyl (C=O) groups excluding carboxylic acids is 2. The molecule has 0 radical (unpaired) electrons. The molecule has 0 unspecified atom stereocenters. The molecule has 0 spiro atoms. The number of aromatic nitrogens is 3. The minimum absolute atomic E-state index is 0.178. The van der Waals surface area contributed by atoms with Crippen molar-refractivity contribution in [2.75, 3.05) is 44.3 Å². The summed E-state index contributed by atoms with van der Waals surface area (Å²) < 4.78 is 26.9. The van der Waals surface area contributed by atoms with Gasteiger partial charge in [0.2, 0.25) is 0 Å². The highest BCUT2D eigenvalue weighted by Crippen LogP contribution is 2.22. The van der Waals surface area contributed by atoms with Gasteiger partial charge in [-0.1, -0.05) is 5.21 Å². The van der Waals surface area contributed by atoms with Gasteiger partial charge >= 0.3 is 0 Å². The Hall–Kier alpha value is -2.85. The molecule has 1 saturated heterocycles. The highest BCUT2D eigenvalue weighted by atomic mass is 19.1. The number of hydrogen-bond donors (Lipinski definition) is 0. The monoisotopic (exact) mass is 433 g/mol. The first-order valence-corrected chi connectivity index (χ1v) is 10.4. The highest BCUT2D eigenvalue weighted by Gasteiger charge is 2.26. The average Bonchev–Trinajstić information content (AvgIpc) is 3.22. The summed E-state index contributed by atoms with van der Waals surface area (Å²) >= 11 is 0. The van der Waals surface area contributed by atoms with Crippen LogP contribution in [-0.2, 0) is 16.0 Å². The molecule has 0 bridgehead atoms. The van der Waals surface area contributed by atoms with E-state index in [0.717, 1.165) is 0 Å². The number of hydrogen-bond acceptors (Lipinski definition) is 7. The van der Waals surface area contributed by atoms with Crippen LogP contribution in [0.15, 0.2) is 24.4 Å². The van der Waals surface area contributed by atoms with Crippen molar-refractivity contribution in [3.63, 3.8) is 0 Å². The summed E-state index contributed by atoms with van der Waals surface area (Å²) in [7, 11) is 0. The zero-order chi connectivity index (χ0) is 22.4. The molecular formula is C21H28FN5O4. The number of ketones is 1. The summed E-state index contributed by atoms with van der Waals surface area (Å²) in [5.41, 5.74) is 1.02. The number of amides is 1. The quantitative estimate of drug-likeness (QED) is 0.441. The van der Waals surface area contributed by atoms with Crippen molar-refractivity contribution < 1.29 is 23.5 Å². The molecule has 168 valence electrons. The summed E-state index contributed by atoms with van der Waals surface area (Å²) in [6, 6.07) is 4.49. The number of carbonyl (C=O) groups is 2. The van der Waals surface area contributed by atoms with E-state index in [2.05, 4.69) is 10.3 Å². The number of benzene rings is 1. The molecule has 1 fully saturated rings. The van der Waals surface area contributed by atoms with Gasteiger partial charge in [0, 0.05) is 45.0 Å². The standard InChI is InChI=1S/C21H28FN5O4/c1-4-30-20(31-5-2)14-27-13-18(23-24-27)21(29)26-10-8-25(9-11-26)19-7-6-16(15(3)28)12-17(19)22/h6-7,12-13,20H,4-5,8-11,14H2,1-3H3. The van der Waals surface area contributed by atoms with E-state index in [1.54, 1.807) is 23.2 Å². The first-order chi connectivity index (χ1) is 14.9. The molecule has 1 aromatic carbocycles. The summed E-state index contributed by atoms with van der Waals surface area (Å²) in [5.74, 6) is -0.834. The van der Waals surface area contributed by atoms with Crippen molar-refractivity contribution in [3.05, 3.63) is 41.5 Å².